The molecule has 2 rings (SSSR count). The van der Waals surface area contributed by atoms with Crippen LogP contribution in [0, 0.1) is 0 Å². The van der Waals surface area contributed by atoms with Crippen molar-refractivity contribution in [2.45, 2.75) is 32.7 Å². The Kier molecular flexibility index (Phi) is 5.41. The van der Waals surface area contributed by atoms with E-state index in [-0.39, 0.29) is 0 Å². The molecule has 1 aliphatic heterocycles. The van der Waals surface area contributed by atoms with Gasteiger partial charge >= 0.3 is 0 Å². The first-order chi connectivity index (χ1) is 8.85. The maximum atomic E-state index is 5.04. The van der Waals surface area contributed by atoms with Crippen molar-refractivity contribution in [1.82, 2.24) is 10.3 Å². The fourth-order valence-corrected chi connectivity index (χ4v) is 3.37. The summed E-state index contributed by atoms with van der Waals surface area (Å²) >= 11 is 1.85. The average Bonchev–Trinajstić information content (AvgIpc) is 3.03. The van der Waals surface area contributed by atoms with Crippen LogP contribution in [0.2, 0.25) is 0 Å². The van der Waals surface area contributed by atoms with Gasteiger partial charge in [0.05, 0.1) is 12.3 Å². The molecule has 0 spiro atoms. The van der Waals surface area contributed by atoms with Crippen LogP contribution in [-0.4, -0.2) is 38.3 Å². The van der Waals surface area contributed by atoms with E-state index in [1.807, 2.05) is 11.3 Å². The number of anilines is 1. The monoisotopic (exact) mass is 269 g/mol. The first kappa shape index (κ1) is 13.8. The molecule has 4 nitrogen and oxygen atoms in total. The highest BCUT2D eigenvalue weighted by molar-refractivity contribution is 7.15. The highest BCUT2D eigenvalue weighted by atomic mass is 32.1. The van der Waals surface area contributed by atoms with Crippen molar-refractivity contribution in [2.24, 2.45) is 0 Å². The van der Waals surface area contributed by atoms with E-state index in [1.165, 1.54) is 41.6 Å². The molecule has 0 bridgehead atoms. The lowest BCUT2D eigenvalue weighted by molar-refractivity contribution is 0.199. The smallest absolute Gasteiger partial charge is 0.185 e. The van der Waals surface area contributed by atoms with Crippen LogP contribution >= 0.6 is 11.3 Å². The van der Waals surface area contributed by atoms with E-state index in [0.29, 0.717) is 0 Å². The molecule has 0 aliphatic carbocycles. The second-order valence-electron chi connectivity index (χ2n) is 4.58. The largest absolute Gasteiger partial charge is 0.383 e. The highest BCUT2D eigenvalue weighted by Crippen LogP contribution is 2.29. The van der Waals surface area contributed by atoms with E-state index >= 15 is 0 Å². The predicted octanol–water partition coefficient (Wildman–Crippen LogP) is 2.04. The minimum absolute atomic E-state index is 0.763. The molecule has 1 saturated heterocycles. The van der Waals surface area contributed by atoms with Crippen LogP contribution < -0.4 is 10.2 Å². The number of aryl methyl sites for hydroxylation is 1. The van der Waals surface area contributed by atoms with E-state index in [9.17, 15) is 0 Å². The molecule has 0 aromatic carbocycles. The van der Waals surface area contributed by atoms with Crippen LogP contribution in [0.5, 0.6) is 0 Å². The van der Waals surface area contributed by atoms with Gasteiger partial charge in [-0.3, -0.25) is 0 Å². The normalized spacial score (nSPS) is 15.6. The summed E-state index contributed by atoms with van der Waals surface area (Å²) < 4.78 is 5.04. The summed E-state index contributed by atoms with van der Waals surface area (Å²) in [5.74, 6) is 0. The Morgan fingerprint density at radius 1 is 1.39 bits per heavy atom. The lowest BCUT2D eigenvalue weighted by Crippen LogP contribution is -2.18. The van der Waals surface area contributed by atoms with Gasteiger partial charge in [-0.2, -0.15) is 0 Å². The molecule has 1 aromatic heterocycles. The van der Waals surface area contributed by atoms with E-state index in [2.05, 4.69) is 17.1 Å². The summed E-state index contributed by atoms with van der Waals surface area (Å²) in [6.45, 7) is 7.11. The molecule has 0 saturated carbocycles. The Labute approximate surface area is 113 Å². The maximum Gasteiger partial charge on any atom is 0.185 e. The van der Waals surface area contributed by atoms with Gasteiger partial charge in [0.25, 0.3) is 0 Å². The Morgan fingerprint density at radius 2 is 2.17 bits per heavy atom. The predicted molar refractivity (Wildman–Crippen MR) is 76.5 cm³/mol. The van der Waals surface area contributed by atoms with Gasteiger partial charge in [-0.25, -0.2) is 4.98 Å². The topological polar surface area (TPSA) is 37.4 Å². The number of thiazole rings is 1. The zero-order valence-electron chi connectivity index (χ0n) is 11.4. The first-order valence-electron chi connectivity index (χ1n) is 6.78. The molecular weight excluding hydrogens is 246 g/mol. The van der Waals surface area contributed by atoms with Crippen molar-refractivity contribution in [3.63, 3.8) is 0 Å². The van der Waals surface area contributed by atoms with E-state index in [4.69, 9.17) is 9.72 Å². The number of hydrogen-bond donors (Lipinski definition) is 1. The van der Waals surface area contributed by atoms with E-state index in [0.717, 1.165) is 26.1 Å². The van der Waals surface area contributed by atoms with Crippen molar-refractivity contribution >= 4 is 16.5 Å². The van der Waals surface area contributed by atoms with Gasteiger partial charge in [-0.05, 0) is 19.3 Å². The van der Waals surface area contributed by atoms with Crippen molar-refractivity contribution in [3.05, 3.63) is 10.6 Å². The molecule has 5 heteroatoms. The summed E-state index contributed by atoms with van der Waals surface area (Å²) in [6, 6.07) is 0. The molecule has 1 aromatic rings. The van der Waals surface area contributed by atoms with Crippen LogP contribution in [0.25, 0.3) is 0 Å². The van der Waals surface area contributed by atoms with Gasteiger partial charge in [-0.1, -0.05) is 6.92 Å². The Bertz CT molecular complexity index is 361. The first-order valence-corrected chi connectivity index (χ1v) is 7.60. The number of hydrogen-bond acceptors (Lipinski definition) is 5. The molecule has 102 valence electrons. The lowest BCUT2D eigenvalue weighted by atomic mass is 10.3. The third kappa shape index (κ3) is 3.43. The second-order valence-corrected chi connectivity index (χ2v) is 5.65. The van der Waals surface area contributed by atoms with Crippen LogP contribution in [0.15, 0.2) is 0 Å². The summed E-state index contributed by atoms with van der Waals surface area (Å²) in [5.41, 5.74) is 1.26. The molecule has 1 N–H and O–H groups in total. The fourth-order valence-electron chi connectivity index (χ4n) is 2.20. The number of rotatable bonds is 7. The van der Waals surface area contributed by atoms with Gasteiger partial charge in [0, 0.05) is 38.2 Å². The number of aromatic nitrogens is 1. The molecule has 0 atom stereocenters. The summed E-state index contributed by atoms with van der Waals surface area (Å²) in [5, 5.41) is 4.62. The third-order valence-corrected chi connectivity index (χ3v) is 4.41. The molecular formula is C13H23N3OS. The number of nitrogens with zero attached hydrogens (tertiary/aromatic N) is 2. The number of nitrogens with one attached hydrogen (secondary N) is 1. The van der Waals surface area contributed by atoms with Crippen molar-refractivity contribution in [3.8, 4) is 0 Å². The van der Waals surface area contributed by atoms with Gasteiger partial charge < -0.3 is 15.0 Å². The molecule has 18 heavy (non-hydrogen) atoms. The Morgan fingerprint density at radius 3 is 2.83 bits per heavy atom. The summed E-state index contributed by atoms with van der Waals surface area (Å²) in [7, 11) is 1.73. The van der Waals surface area contributed by atoms with Crippen LogP contribution in [0.1, 0.15) is 30.3 Å². The fraction of sp³-hybridized carbons (Fsp3) is 0.769. The average molecular weight is 269 g/mol. The summed E-state index contributed by atoms with van der Waals surface area (Å²) in [4.78, 5) is 8.59. The molecule has 0 amide bonds. The molecule has 1 aliphatic rings. The van der Waals surface area contributed by atoms with Crippen LogP contribution in [-0.2, 0) is 17.7 Å². The van der Waals surface area contributed by atoms with E-state index in [1.54, 1.807) is 7.11 Å². The Hall–Kier alpha value is -0.650. The lowest BCUT2D eigenvalue weighted by Gasteiger charge is -2.12. The zero-order chi connectivity index (χ0) is 12.8. The SMILES string of the molecule is CCc1nc(N2CCCC2)sc1CNCCOC. The molecule has 0 radical (unpaired) electrons. The standard InChI is InChI=1S/C13H23N3OS/c1-3-11-12(10-14-6-9-17-2)18-13(15-11)16-7-4-5-8-16/h14H,3-10H2,1-2H3. The van der Waals surface area contributed by atoms with Crippen molar-refractivity contribution in [1.29, 1.82) is 0 Å². The van der Waals surface area contributed by atoms with Crippen LogP contribution in [0.3, 0.4) is 0 Å². The Balaban J connectivity index is 1.95. The van der Waals surface area contributed by atoms with Gasteiger partial charge in [0.2, 0.25) is 0 Å². The maximum absolute atomic E-state index is 5.04. The third-order valence-electron chi connectivity index (χ3n) is 3.25. The molecule has 2 heterocycles. The number of methoxy groups -OCH3 is 1. The van der Waals surface area contributed by atoms with E-state index < -0.39 is 0 Å². The minimum Gasteiger partial charge on any atom is -0.383 e. The second kappa shape index (κ2) is 7.07. The van der Waals surface area contributed by atoms with Crippen molar-refractivity contribution < 1.29 is 4.74 Å². The summed E-state index contributed by atoms with van der Waals surface area (Å²) in [6.07, 6.45) is 3.64. The zero-order valence-corrected chi connectivity index (χ0v) is 12.2. The van der Waals surface area contributed by atoms with Crippen molar-refractivity contribution in [2.75, 3.05) is 38.3 Å². The van der Waals surface area contributed by atoms with Gasteiger partial charge in [-0.15, -0.1) is 11.3 Å². The van der Waals surface area contributed by atoms with Gasteiger partial charge in [0.1, 0.15) is 0 Å². The minimum atomic E-state index is 0.763. The van der Waals surface area contributed by atoms with Gasteiger partial charge in [0.15, 0.2) is 5.13 Å². The quantitative estimate of drug-likeness (QED) is 0.769. The molecule has 1 fully saturated rings. The highest BCUT2D eigenvalue weighted by Gasteiger charge is 2.18. The van der Waals surface area contributed by atoms with Crippen LogP contribution in [0.4, 0.5) is 5.13 Å². The number of ether oxygens (including phenoxy) is 1. The molecule has 0 unspecified atom stereocenters.